The molecule has 0 aliphatic carbocycles. The van der Waals surface area contributed by atoms with Crippen molar-refractivity contribution in [3.05, 3.63) is 59.7 Å². The predicted molar refractivity (Wildman–Crippen MR) is 99.3 cm³/mol. The third-order valence-corrected chi connectivity index (χ3v) is 4.88. The van der Waals surface area contributed by atoms with E-state index in [1.54, 1.807) is 13.2 Å². The van der Waals surface area contributed by atoms with Crippen LogP contribution in [-0.4, -0.2) is 27.8 Å². The largest absolute Gasteiger partial charge is 0.381 e. The van der Waals surface area contributed by atoms with Gasteiger partial charge >= 0.3 is 0 Å². The molecule has 1 atom stereocenters. The molecular weight excluding hydrogens is 320 g/mol. The molecule has 0 bridgehead atoms. The lowest BCUT2D eigenvalue weighted by atomic mass is 10.1. The Morgan fingerprint density at radius 3 is 2.38 bits per heavy atom. The number of nitrogens with one attached hydrogen (secondary N) is 1. The second kappa shape index (κ2) is 8.64. The summed E-state index contributed by atoms with van der Waals surface area (Å²) in [7, 11) is -0.951. The van der Waals surface area contributed by atoms with Gasteiger partial charge in [-0.3, -0.25) is 9.00 Å². The molecule has 24 heavy (non-hydrogen) atoms. The van der Waals surface area contributed by atoms with Crippen molar-refractivity contribution in [2.75, 3.05) is 18.1 Å². The fourth-order valence-electron chi connectivity index (χ4n) is 2.48. The molecule has 2 aromatic carbocycles. The molecule has 0 aliphatic rings. The van der Waals surface area contributed by atoms with Crippen LogP contribution in [0.25, 0.3) is 0 Å². The summed E-state index contributed by atoms with van der Waals surface area (Å²) in [5.41, 5.74) is 3.25. The Hall–Kier alpha value is -2.14. The van der Waals surface area contributed by atoms with Gasteiger partial charge in [-0.15, -0.1) is 0 Å². The summed E-state index contributed by atoms with van der Waals surface area (Å²) in [5, 5.41) is 3.43. The molecule has 0 unspecified atom stereocenters. The highest BCUT2D eigenvalue weighted by Crippen LogP contribution is 2.19. The van der Waals surface area contributed by atoms with Crippen LogP contribution in [0.4, 0.5) is 5.69 Å². The second-order valence-electron chi connectivity index (χ2n) is 5.64. The molecule has 0 spiro atoms. The van der Waals surface area contributed by atoms with Crippen LogP contribution in [0.5, 0.6) is 0 Å². The van der Waals surface area contributed by atoms with Gasteiger partial charge in [0, 0.05) is 54.2 Å². The third kappa shape index (κ3) is 4.93. The van der Waals surface area contributed by atoms with Gasteiger partial charge in [-0.25, -0.2) is 0 Å². The van der Waals surface area contributed by atoms with Crippen LogP contribution < -0.4 is 5.32 Å². The van der Waals surface area contributed by atoms with Crippen LogP contribution in [0, 0.1) is 0 Å². The molecule has 1 N–H and O–H groups in total. The van der Waals surface area contributed by atoms with E-state index < -0.39 is 10.8 Å². The topological polar surface area (TPSA) is 49.4 Å². The summed E-state index contributed by atoms with van der Waals surface area (Å²) >= 11 is 0. The number of anilines is 1. The van der Waals surface area contributed by atoms with Crippen LogP contribution in [0.1, 0.15) is 25.0 Å². The number of carbonyl (C=O) groups excluding carboxylic acids is 1. The number of hydrogen-bond acceptors (Lipinski definition) is 3. The highest BCUT2D eigenvalue weighted by molar-refractivity contribution is 7.84. The van der Waals surface area contributed by atoms with Crippen LogP contribution >= 0.6 is 0 Å². The number of hydrogen-bond donors (Lipinski definition) is 1. The molecule has 128 valence electrons. The van der Waals surface area contributed by atoms with E-state index in [-0.39, 0.29) is 5.91 Å². The van der Waals surface area contributed by atoms with Crippen molar-refractivity contribution in [2.24, 2.45) is 0 Å². The molecule has 0 saturated heterocycles. The fourth-order valence-corrected chi connectivity index (χ4v) is 3.00. The molecule has 0 saturated carbocycles. The zero-order chi connectivity index (χ0) is 17.5. The summed E-state index contributed by atoms with van der Waals surface area (Å²) in [6.45, 7) is 5.55. The molecular formula is C19H24N2O2S. The Labute approximate surface area is 146 Å². The van der Waals surface area contributed by atoms with Crippen molar-refractivity contribution in [3.8, 4) is 0 Å². The predicted octanol–water partition coefficient (Wildman–Crippen LogP) is 3.40. The van der Waals surface area contributed by atoms with Gasteiger partial charge in [-0.1, -0.05) is 30.3 Å². The average molecular weight is 344 g/mol. The normalized spacial score (nSPS) is 11.8. The average Bonchev–Trinajstić information content (AvgIpc) is 2.58. The lowest BCUT2D eigenvalue weighted by Crippen LogP contribution is -2.28. The smallest absolute Gasteiger partial charge is 0.219 e. The van der Waals surface area contributed by atoms with Gasteiger partial charge in [0.1, 0.15) is 0 Å². The van der Waals surface area contributed by atoms with Gasteiger partial charge in [0.25, 0.3) is 0 Å². The zero-order valence-corrected chi connectivity index (χ0v) is 15.2. The van der Waals surface area contributed by atoms with Crippen LogP contribution in [0.15, 0.2) is 53.4 Å². The third-order valence-electron chi connectivity index (χ3n) is 3.94. The Bertz CT molecular complexity index is 714. The second-order valence-corrected chi connectivity index (χ2v) is 7.02. The summed E-state index contributed by atoms with van der Waals surface area (Å²) in [6.07, 6.45) is 1.68. The van der Waals surface area contributed by atoms with Crippen molar-refractivity contribution in [1.82, 2.24) is 4.90 Å². The number of nitrogens with zero attached hydrogens (tertiary/aromatic N) is 1. The van der Waals surface area contributed by atoms with Crippen molar-refractivity contribution < 1.29 is 9.00 Å². The molecule has 1 amide bonds. The lowest BCUT2D eigenvalue weighted by Gasteiger charge is -2.21. The highest BCUT2D eigenvalue weighted by atomic mass is 32.2. The highest BCUT2D eigenvalue weighted by Gasteiger charge is 2.10. The molecule has 0 fully saturated rings. The summed E-state index contributed by atoms with van der Waals surface area (Å²) in [4.78, 5) is 14.3. The van der Waals surface area contributed by atoms with Gasteiger partial charge in [0.15, 0.2) is 0 Å². The Morgan fingerprint density at radius 1 is 1.12 bits per heavy atom. The molecule has 0 aromatic heterocycles. The number of carbonyl (C=O) groups is 1. The SMILES string of the molecule is CCN(Cc1ccccc1NCc1ccc([S@@](C)=O)cc1)C(C)=O. The number of rotatable bonds is 7. The molecule has 0 heterocycles. The molecule has 5 heteroatoms. The molecule has 2 aromatic rings. The Morgan fingerprint density at radius 2 is 1.79 bits per heavy atom. The monoisotopic (exact) mass is 344 g/mol. The van der Waals surface area contributed by atoms with Crippen molar-refractivity contribution in [1.29, 1.82) is 0 Å². The first-order valence-corrected chi connectivity index (χ1v) is 9.56. The van der Waals surface area contributed by atoms with Gasteiger partial charge in [-0.05, 0) is 36.2 Å². The first kappa shape index (κ1) is 18.2. The van der Waals surface area contributed by atoms with Gasteiger partial charge < -0.3 is 10.2 Å². The maximum Gasteiger partial charge on any atom is 0.219 e. The van der Waals surface area contributed by atoms with E-state index in [2.05, 4.69) is 5.32 Å². The van der Waals surface area contributed by atoms with Gasteiger partial charge in [0.2, 0.25) is 5.91 Å². The lowest BCUT2D eigenvalue weighted by molar-refractivity contribution is -0.129. The van der Waals surface area contributed by atoms with E-state index in [0.29, 0.717) is 19.6 Å². The van der Waals surface area contributed by atoms with E-state index in [4.69, 9.17) is 0 Å². The number of para-hydroxylation sites is 1. The van der Waals surface area contributed by atoms with Gasteiger partial charge in [0.05, 0.1) is 0 Å². The first-order valence-electron chi connectivity index (χ1n) is 8.01. The van der Waals surface area contributed by atoms with Crippen LogP contribution in [0.3, 0.4) is 0 Å². The fraction of sp³-hybridized carbons (Fsp3) is 0.316. The van der Waals surface area contributed by atoms with E-state index in [9.17, 15) is 9.00 Å². The van der Waals surface area contributed by atoms with Crippen molar-refractivity contribution >= 4 is 22.4 Å². The van der Waals surface area contributed by atoms with Crippen LogP contribution in [-0.2, 0) is 28.7 Å². The van der Waals surface area contributed by atoms with Crippen molar-refractivity contribution in [3.63, 3.8) is 0 Å². The maximum atomic E-state index is 11.6. The Kier molecular flexibility index (Phi) is 6.55. The first-order chi connectivity index (χ1) is 11.5. The summed E-state index contributed by atoms with van der Waals surface area (Å²) in [5.74, 6) is 0.0791. The summed E-state index contributed by atoms with van der Waals surface area (Å²) in [6, 6.07) is 15.8. The number of amides is 1. The van der Waals surface area contributed by atoms with E-state index in [1.807, 2.05) is 60.4 Å². The Balaban J connectivity index is 2.07. The molecule has 2 rings (SSSR count). The van der Waals surface area contributed by atoms with E-state index >= 15 is 0 Å². The van der Waals surface area contributed by atoms with Crippen molar-refractivity contribution in [2.45, 2.75) is 31.8 Å². The number of benzene rings is 2. The standard InChI is InChI=1S/C19H24N2O2S/c1-4-21(15(2)22)14-17-7-5-6-8-19(17)20-13-16-9-11-18(12-10-16)24(3)23/h5-12,20H,4,13-14H2,1-3H3/t24-/m1/s1. The van der Waals surface area contributed by atoms with E-state index in [0.717, 1.165) is 21.7 Å². The quantitative estimate of drug-likeness (QED) is 0.837. The molecule has 0 radical (unpaired) electrons. The van der Waals surface area contributed by atoms with E-state index in [1.165, 1.54) is 0 Å². The maximum absolute atomic E-state index is 11.6. The van der Waals surface area contributed by atoms with Gasteiger partial charge in [-0.2, -0.15) is 0 Å². The zero-order valence-electron chi connectivity index (χ0n) is 14.4. The molecule has 0 aliphatic heterocycles. The molecule has 4 nitrogen and oxygen atoms in total. The minimum absolute atomic E-state index is 0.0791. The minimum atomic E-state index is -0.951. The minimum Gasteiger partial charge on any atom is -0.381 e. The van der Waals surface area contributed by atoms with Crippen LogP contribution in [0.2, 0.25) is 0 Å². The summed E-state index contributed by atoms with van der Waals surface area (Å²) < 4.78 is 11.4.